The molecule has 0 heterocycles. The summed E-state index contributed by atoms with van der Waals surface area (Å²) >= 11 is 0. The van der Waals surface area contributed by atoms with E-state index in [1.807, 2.05) is 0 Å². The number of halogens is 2. The van der Waals surface area contributed by atoms with Crippen molar-refractivity contribution in [1.82, 2.24) is 5.32 Å². The number of anilines is 1. The van der Waals surface area contributed by atoms with E-state index in [1.54, 1.807) is 7.05 Å². The number of benzene rings is 1. The number of rotatable bonds is 4. The Labute approximate surface area is 76.0 Å². The Bertz CT molecular complexity index is 276. The van der Waals surface area contributed by atoms with Gasteiger partial charge in [-0.1, -0.05) is 6.07 Å². The molecule has 0 aromatic heterocycles. The molecule has 0 radical (unpaired) electrons. The summed E-state index contributed by atoms with van der Waals surface area (Å²) in [7, 11) is 1.80. The summed E-state index contributed by atoms with van der Waals surface area (Å²) in [5.41, 5.74) is 0.204. The van der Waals surface area contributed by atoms with Crippen LogP contribution >= 0.6 is 0 Å². The predicted molar refractivity (Wildman–Crippen MR) is 48.8 cm³/mol. The van der Waals surface area contributed by atoms with E-state index in [1.165, 1.54) is 12.1 Å². The Kier molecular flexibility index (Phi) is 3.64. The molecule has 1 rings (SSSR count). The van der Waals surface area contributed by atoms with Gasteiger partial charge in [0, 0.05) is 13.1 Å². The van der Waals surface area contributed by atoms with Gasteiger partial charge < -0.3 is 10.6 Å². The van der Waals surface area contributed by atoms with Crippen molar-refractivity contribution in [3.05, 3.63) is 29.8 Å². The van der Waals surface area contributed by atoms with Crippen LogP contribution < -0.4 is 10.6 Å². The van der Waals surface area contributed by atoms with Crippen LogP contribution in [0.25, 0.3) is 0 Å². The first-order valence-electron chi connectivity index (χ1n) is 4.08. The minimum atomic E-state index is -0.825. The first-order chi connectivity index (χ1) is 6.25. The van der Waals surface area contributed by atoms with Gasteiger partial charge in [0.15, 0.2) is 11.6 Å². The molecule has 0 fully saturated rings. The molecule has 72 valence electrons. The highest BCUT2D eigenvalue weighted by Crippen LogP contribution is 2.15. The molecule has 0 spiro atoms. The van der Waals surface area contributed by atoms with E-state index in [9.17, 15) is 8.78 Å². The molecule has 4 heteroatoms. The van der Waals surface area contributed by atoms with Gasteiger partial charge in [-0.15, -0.1) is 0 Å². The summed E-state index contributed by atoms with van der Waals surface area (Å²) in [6.07, 6.45) is 0. The fraction of sp³-hybridized carbons (Fsp3) is 0.333. The van der Waals surface area contributed by atoms with Crippen LogP contribution in [0.2, 0.25) is 0 Å². The van der Waals surface area contributed by atoms with E-state index in [4.69, 9.17) is 0 Å². The first-order valence-corrected chi connectivity index (χ1v) is 4.08. The van der Waals surface area contributed by atoms with Crippen molar-refractivity contribution < 1.29 is 8.78 Å². The minimum Gasteiger partial charge on any atom is -0.381 e. The highest BCUT2D eigenvalue weighted by molar-refractivity contribution is 5.44. The van der Waals surface area contributed by atoms with E-state index >= 15 is 0 Å². The van der Waals surface area contributed by atoms with Crippen LogP contribution in [-0.2, 0) is 0 Å². The molecule has 0 amide bonds. The van der Waals surface area contributed by atoms with Gasteiger partial charge in [-0.3, -0.25) is 0 Å². The summed E-state index contributed by atoms with van der Waals surface area (Å²) in [5.74, 6) is -1.65. The lowest BCUT2D eigenvalue weighted by atomic mass is 10.3. The van der Waals surface area contributed by atoms with Crippen molar-refractivity contribution in [2.24, 2.45) is 0 Å². The lowest BCUT2D eigenvalue weighted by Crippen LogP contribution is -2.18. The molecular weight excluding hydrogens is 174 g/mol. The molecule has 0 bridgehead atoms. The average molecular weight is 186 g/mol. The molecule has 0 unspecified atom stereocenters. The number of hydrogen-bond acceptors (Lipinski definition) is 2. The Morgan fingerprint density at radius 2 is 2.00 bits per heavy atom. The van der Waals surface area contributed by atoms with Gasteiger partial charge in [-0.25, -0.2) is 8.78 Å². The van der Waals surface area contributed by atoms with E-state index in [0.29, 0.717) is 13.1 Å². The molecule has 1 aromatic carbocycles. The number of hydrogen-bond donors (Lipinski definition) is 2. The van der Waals surface area contributed by atoms with Gasteiger partial charge in [0.1, 0.15) is 0 Å². The molecule has 2 nitrogen and oxygen atoms in total. The maximum Gasteiger partial charge on any atom is 0.181 e. The van der Waals surface area contributed by atoms with Gasteiger partial charge >= 0.3 is 0 Å². The van der Waals surface area contributed by atoms with Crippen LogP contribution in [0.1, 0.15) is 0 Å². The summed E-state index contributed by atoms with van der Waals surface area (Å²) in [5, 5.41) is 5.67. The zero-order chi connectivity index (χ0) is 9.68. The highest BCUT2D eigenvalue weighted by Gasteiger charge is 2.05. The minimum absolute atomic E-state index is 0.204. The molecule has 0 aliphatic heterocycles. The van der Waals surface area contributed by atoms with E-state index in [2.05, 4.69) is 10.6 Å². The molecule has 0 saturated heterocycles. The maximum atomic E-state index is 13.0. The van der Waals surface area contributed by atoms with Gasteiger partial charge in [0.05, 0.1) is 5.69 Å². The molecule has 0 saturated carbocycles. The van der Waals surface area contributed by atoms with Gasteiger partial charge in [0.2, 0.25) is 0 Å². The summed E-state index contributed by atoms with van der Waals surface area (Å²) in [4.78, 5) is 0. The topological polar surface area (TPSA) is 24.1 Å². The van der Waals surface area contributed by atoms with Crippen molar-refractivity contribution in [3.63, 3.8) is 0 Å². The molecule has 0 aliphatic carbocycles. The Balaban J connectivity index is 2.61. The third-order valence-electron chi connectivity index (χ3n) is 1.64. The van der Waals surface area contributed by atoms with Crippen molar-refractivity contribution in [2.45, 2.75) is 0 Å². The summed E-state index contributed by atoms with van der Waals surface area (Å²) in [6, 6.07) is 4.08. The second-order valence-corrected chi connectivity index (χ2v) is 2.63. The average Bonchev–Trinajstić information content (AvgIpc) is 2.13. The quantitative estimate of drug-likeness (QED) is 0.698. The molecule has 0 atom stereocenters. The summed E-state index contributed by atoms with van der Waals surface area (Å²) in [6.45, 7) is 1.27. The number of likely N-dealkylation sites (N-methyl/N-ethyl adjacent to an activating group) is 1. The van der Waals surface area contributed by atoms with Crippen molar-refractivity contribution in [1.29, 1.82) is 0 Å². The second kappa shape index (κ2) is 4.77. The molecule has 13 heavy (non-hydrogen) atoms. The lowest BCUT2D eigenvalue weighted by molar-refractivity contribution is 0.511. The SMILES string of the molecule is CNCCNc1cccc(F)c1F. The van der Waals surface area contributed by atoms with Crippen LogP contribution in [0.3, 0.4) is 0 Å². The smallest absolute Gasteiger partial charge is 0.181 e. The maximum absolute atomic E-state index is 13.0. The predicted octanol–water partition coefficient (Wildman–Crippen LogP) is 1.60. The third kappa shape index (κ3) is 2.66. The monoisotopic (exact) mass is 186 g/mol. The third-order valence-corrected chi connectivity index (χ3v) is 1.64. The van der Waals surface area contributed by atoms with Crippen LogP contribution in [0.4, 0.5) is 14.5 Å². The number of nitrogens with one attached hydrogen (secondary N) is 2. The highest BCUT2D eigenvalue weighted by atomic mass is 19.2. The van der Waals surface area contributed by atoms with Crippen LogP contribution in [0.15, 0.2) is 18.2 Å². The van der Waals surface area contributed by atoms with Gasteiger partial charge in [-0.05, 0) is 19.2 Å². The fourth-order valence-corrected chi connectivity index (χ4v) is 0.962. The Morgan fingerprint density at radius 1 is 1.23 bits per heavy atom. The zero-order valence-electron chi connectivity index (χ0n) is 7.40. The van der Waals surface area contributed by atoms with Crippen LogP contribution in [-0.4, -0.2) is 20.1 Å². The van der Waals surface area contributed by atoms with Gasteiger partial charge in [0.25, 0.3) is 0 Å². The van der Waals surface area contributed by atoms with Crippen molar-refractivity contribution in [2.75, 3.05) is 25.5 Å². The normalized spacial score (nSPS) is 10.1. The van der Waals surface area contributed by atoms with Crippen molar-refractivity contribution >= 4 is 5.69 Å². The molecular formula is C9H12F2N2. The van der Waals surface area contributed by atoms with Crippen LogP contribution in [0, 0.1) is 11.6 Å². The second-order valence-electron chi connectivity index (χ2n) is 2.63. The molecule has 1 aromatic rings. The molecule has 2 N–H and O–H groups in total. The molecule has 0 aliphatic rings. The van der Waals surface area contributed by atoms with E-state index in [-0.39, 0.29) is 5.69 Å². The van der Waals surface area contributed by atoms with Crippen LogP contribution in [0.5, 0.6) is 0 Å². The first kappa shape index (κ1) is 9.92. The standard InChI is InChI=1S/C9H12F2N2/c1-12-5-6-13-8-4-2-3-7(10)9(8)11/h2-4,12-13H,5-6H2,1H3. The Morgan fingerprint density at radius 3 is 2.69 bits per heavy atom. The van der Waals surface area contributed by atoms with Crippen molar-refractivity contribution in [3.8, 4) is 0 Å². The fourth-order valence-electron chi connectivity index (χ4n) is 0.962. The van der Waals surface area contributed by atoms with Gasteiger partial charge in [-0.2, -0.15) is 0 Å². The Hall–Kier alpha value is -1.16. The summed E-state index contributed by atoms with van der Waals surface area (Å²) < 4.78 is 25.6. The van der Waals surface area contributed by atoms with E-state index < -0.39 is 11.6 Å². The lowest BCUT2D eigenvalue weighted by Gasteiger charge is -2.06. The van der Waals surface area contributed by atoms with E-state index in [0.717, 1.165) is 6.07 Å². The zero-order valence-corrected chi connectivity index (χ0v) is 7.40. The largest absolute Gasteiger partial charge is 0.381 e.